The van der Waals surface area contributed by atoms with E-state index >= 15 is 0 Å². The van der Waals surface area contributed by atoms with E-state index in [1.54, 1.807) is 18.2 Å². The van der Waals surface area contributed by atoms with Crippen LogP contribution in [0.4, 0.5) is 11.4 Å². The molecule has 0 radical (unpaired) electrons. The van der Waals surface area contributed by atoms with Crippen molar-refractivity contribution in [3.8, 4) is 0 Å². The van der Waals surface area contributed by atoms with Crippen molar-refractivity contribution in [2.24, 2.45) is 0 Å². The van der Waals surface area contributed by atoms with E-state index in [0.29, 0.717) is 11.4 Å². The summed E-state index contributed by atoms with van der Waals surface area (Å²) in [5.41, 5.74) is 1.14. The second kappa shape index (κ2) is 6.57. The highest BCUT2D eigenvalue weighted by molar-refractivity contribution is 7.92. The fourth-order valence-corrected chi connectivity index (χ4v) is 3.77. The Hall–Kier alpha value is -2.86. The second-order valence-electron chi connectivity index (χ2n) is 5.71. The van der Waals surface area contributed by atoms with Gasteiger partial charge in [-0.15, -0.1) is 0 Å². The van der Waals surface area contributed by atoms with Crippen LogP contribution >= 0.6 is 0 Å². The summed E-state index contributed by atoms with van der Waals surface area (Å²) >= 11 is 0. The normalized spacial score (nSPS) is 11.3. The quantitative estimate of drug-likeness (QED) is 0.778. The maximum Gasteiger partial charge on any atom is 0.264 e. The SMILES string of the molecule is CC(=O)Nc1ccc(S(=O)(=O)N(C)c2ccc3ccccc3c2)cc1. The van der Waals surface area contributed by atoms with Crippen LogP contribution in [0.1, 0.15) is 6.92 Å². The van der Waals surface area contributed by atoms with Crippen LogP contribution in [0.5, 0.6) is 0 Å². The number of carbonyl (C=O) groups excluding carboxylic acids is 1. The van der Waals surface area contributed by atoms with Crippen LogP contribution < -0.4 is 9.62 Å². The Morgan fingerprint density at radius 1 is 0.920 bits per heavy atom. The number of hydrogen-bond donors (Lipinski definition) is 1. The van der Waals surface area contributed by atoms with Crippen molar-refractivity contribution < 1.29 is 13.2 Å². The molecule has 0 aromatic heterocycles. The molecule has 0 saturated carbocycles. The first-order valence-electron chi connectivity index (χ1n) is 7.73. The molecule has 0 saturated heterocycles. The lowest BCUT2D eigenvalue weighted by atomic mass is 10.1. The molecule has 0 atom stereocenters. The molecule has 128 valence electrons. The van der Waals surface area contributed by atoms with Crippen LogP contribution in [-0.2, 0) is 14.8 Å². The molecule has 0 aliphatic carbocycles. The molecule has 0 spiro atoms. The lowest BCUT2D eigenvalue weighted by Gasteiger charge is -2.20. The van der Waals surface area contributed by atoms with Gasteiger partial charge in [-0.2, -0.15) is 0 Å². The van der Waals surface area contributed by atoms with Gasteiger partial charge in [-0.25, -0.2) is 8.42 Å². The van der Waals surface area contributed by atoms with Gasteiger partial charge >= 0.3 is 0 Å². The number of sulfonamides is 1. The Morgan fingerprint density at radius 3 is 2.20 bits per heavy atom. The van der Waals surface area contributed by atoms with Crippen LogP contribution in [0, 0.1) is 0 Å². The smallest absolute Gasteiger partial charge is 0.264 e. The monoisotopic (exact) mass is 354 g/mol. The van der Waals surface area contributed by atoms with Gasteiger partial charge in [0.15, 0.2) is 0 Å². The summed E-state index contributed by atoms with van der Waals surface area (Å²) < 4.78 is 26.9. The van der Waals surface area contributed by atoms with Crippen LogP contribution in [-0.4, -0.2) is 21.4 Å². The average molecular weight is 354 g/mol. The molecule has 25 heavy (non-hydrogen) atoms. The van der Waals surface area contributed by atoms with Gasteiger partial charge in [0, 0.05) is 19.7 Å². The number of benzene rings is 3. The Kier molecular flexibility index (Phi) is 4.46. The predicted molar refractivity (Wildman–Crippen MR) is 100 cm³/mol. The first-order valence-corrected chi connectivity index (χ1v) is 9.17. The van der Waals surface area contributed by atoms with E-state index in [-0.39, 0.29) is 10.8 Å². The molecule has 0 heterocycles. The van der Waals surface area contributed by atoms with E-state index in [2.05, 4.69) is 5.32 Å². The molecule has 5 nitrogen and oxygen atoms in total. The second-order valence-corrected chi connectivity index (χ2v) is 7.68. The molecule has 6 heteroatoms. The number of carbonyl (C=O) groups is 1. The highest BCUT2D eigenvalue weighted by Crippen LogP contribution is 2.26. The van der Waals surface area contributed by atoms with E-state index in [4.69, 9.17) is 0 Å². The lowest BCUT2D eigenvalue weighted by molar-refractivity contribution is -0.114. The van der Waals surface area contributed by atoms with Gasteiger partial charge < -0.3 is 5.32 Å². The van der Waals surface area contributed by atoms with E-state index in [1.807, 2.05) is 36.4 Å². The molecule has 3 aromatic rings. The number of rotatable bonds is 4. The van der Waals surface area contributed by atoms with Crippen molar-refractivity contribution in [3.05, 3.63) is 66.7 Å². The van der Waals surface area contributed by atoms with Gasteiger partial charge in [-0.05, 0) is 47.2 Å². The van der Waals surface area contributed by atoms with Crippen molar-refractivity contribution in [3.63, 3.8) is 0 Å². The highest BCUT2D eigenvalue weighted by Gasteiger charge is 2.21. The van der Waals surface area contributed by atoms with E-state index in [9.17, 15) is 13.2 Å². The first-order chi connectivity index (χ1) is 11.9. The summed E-state index contributed by atoms with van der Waals surface area (Å²) in [4.78, 5) is 11.2. The van der Waals surface area contributed by atoms with Crippen molar-refractivity contribution in [1.82, 2.24) is 0 Å². The molecule has 1 N–H and O–H groups in total. The third-order valence-electron chi connectivity index (χ3n) is 3.93. The highest BCUT2D eigenvalue weighted by atomic mass is 32.2. The molecule has 3 aromatic carbocycles. The molecule has 0 aliphatic heterocycles. The Labute approximate surface area is 146 Å². The molecule has 1 amide bonds. The number of hydrogen-bond acceptors (Lipinski definition) is 3. The zero-order valence-electron chi connectivity index (χ0n) is 13.9. The molecule has 0 unspecified atom stereocenters. The van der Waals surface area contributed by atoms with Crippen LogP contribution in [0.15, 0.2) is 71.6 Å². The van der Waals surface area contributed by atoms with E-state index in [0.717, 1.165) is 10.8 Å². The molecule has 0 bridgehead atoms. The molecular weight excluding hydrogens is 336 g/mol. The number of nitrogens with zero attached hydrogens (tertiary/aromatic N) is 1. The van der Waals surface area contributed by atoms with Crippen molar-refractivity contribution in [1.29, 1.82) is 0 Å². The van der Waals surface area contributed by atoms with Crippen LogP contribution in [0.3, 0.4) is 0 Å². The third-order valence-corrected chi connectivity index (χ3v) is 5.73. The Bertz CT molecular complexity index is 1030. The zero-order valence-corrected chi connectivity index (χ0v) is 14.7. The summed E-state index contributed by atoms with van der Waals surface area (Å²) in [6.07, 6.45) is 0. The summed E-state index contributed by atoms with van der Waals surface area (Å²) in [6.45, 7) is 1.40. The molecule has 3 rings (SSSR count). The Balaban J connectivity index is 1.93. The van der Waals surface area contributed by atoms with Gasteiger partial charge in [-0.3, -0.25) is 9.10 Å². The fourth-order valence-electron chi connectivity index (χ4n) is 2.58. The topological polar surface area (TPSA) is 66.5 Å². The summed E-state index contributed by atoms with van der Waals surface area (Å²) in [6, 6.07) is 19.4. The summed E-state index contributed by atoms with van der Waals surface area (Å²) in [5.74, 6) is -0.205. The minimum atomic E-state index is -3.69. The molecule has 0 aliphatic rings. The maximum absolute atomic E-state index is 12.8. The molecule has 0 fully saturated rings. The predicted octanol–water partition coefficient (Wildman–Crippen LogP) is 3.62. The van der Waals surface area contributed by atoms with Crippen molar-refractivity contribution in [2.75, 3.05) is 16.7 Å². The van der Waals surface area contributed by atoms with Crippen LogP contribution in [0.25, 0.3) is 10.8 Å². The minimum absolute atomic E-state index is 0.164. The maximum atomic E-state index is 12.8. The number of amides is 1. The number of nitrogens with one attached hydrogen (secondary N) is 1. The summed E-state index contributed by atoms with van der Waals surface area (Å²) in [5, 5.41) is 4.64. The first kappa shape index (κ1) is 17.0. The Morgan fingerprint density at radius 2 is 1.56 bits per heavy atom. The lowest BCUT2D eigenvalue weighted by Crippen LogP contribution is -2.26. The van der Waals surface area contributed by atoms with Gasteiger partial charge in [0.05, 0.1) is 10.6 Å². The van der Waals surface area contributed by atoms with Gasteiger partial charge in [0.2, 0.25) is 5.91 Å². The summed E-state index contributed by atoms with van der Waals surface area (Å²) in [7, 11) is -2.16. The van der Waals surface area contributed by atoms with Gasteiger partial charge in [0.1, 0.15) is 0 Å². The van der Waals surface area contributed by atoms with Gasteiger partial charge in [-0.1, -0.05) is 30.3 Å². The average Bonchev–Trinajstić information content (AvgIpc) is 2.60. The van der Waals surface area contributed by atoms with Crippen molar-refractivity contribution in [2.45, 2.75) is 11.8 Å². The number of fused-ring (bicyclic) bond motifs is 1. The number of anilines is 2. The van der Waals surface area contributed by atoms with Gasteiger partial charge in [0.25, 0.3) is 10.0 Å². The van der Waals surface area contributed by atoms with Crippen LogP contribution in [0.2, 0.25) is 0 Å². The standard InChI is InChI=1S/C19H18N2O3S/c1-14(22)20-17-8-11-19(12-9-17)25(23,24)21(2)18-10-7-15-5-3-4-6-16(15)13-18/h3-13H,1-2H3,(H,20,22). The minimum Gasteiger partial charge on any atom is -0.326 e. The fraction of sp³-hybridized carbons (Fsp3) is 0.105. The largest absolute Gasteiger partial charge is 0.326 e. The van der Waals surface area contributed by atoms with E-state index in [1.165, 1.54) is 30.4 Å². The third kappa shape index (κ3) is 3.49. The van der Waals surface area contributed by atoms with Crippen molar-refractivity contribution >= 4 is 38.1 Å². The molecular formula is C19H18N2O3S. The van der Waals surface area contributed by atoms with E-state index < -0.39 is 10.0 Å². The zero-order chi connectivity index (χ0) is 18.0.